The predicted octanol–water partition coefficient (Wildman–Crippen LogP) is 1.58. The summed E-state index contributed by atoms with van der Waals surface area (Å²) in [5.74, 6) is -0.0837. The fraction of sp³-hybridized carbons (Fsp3) is 0.278. The molecule has 3 N–H and O–H groups in total. The summed E-state index contributed by atoms with van der Waals surface area (Å²) < 4.78 is 20.3. The summed E-state index contributed by atoms with van der Waals surface area (Å²) in [5, 5.41) is 19.5. The van der Waals surface area contributed by atoms with Gasteiger partial charge in [0.05, 0.1) is 19.3 Å². The summed E-state index contributed by atoms with van der Waals surface area (Å²) in [6.45, 7) is 5.09. The lowest BCUT2D eigenvalue weighted by Crippen LogP contribution is -2.35. The van der Waals surface area contributed by atoms with E-state index in [0.717, 1.165) is 5.57 Å². The van der Waals surface area contributed by atoms with E-state index < -0.39 is 11.9 Å². The highest BCUT2D eigenvalue weighted by Gasteiger charge is 2.19. The third kappa shape index (κ3) is 4.32. The molecule has 2 aromatic heterocycles. The second-order valence-corrected chi connectivity index (χ2v) is 6.05. The molecule has 0 saturated heterocycles. The van der Waals surface area contributed by atoms with Crippen LogP contribution in [0.3, 0.4) is 0 Å². The van der Waals surface area contributed by atoms with E-state index in [9.17, 15) is 14.3 Å². The molecule has 3 heterocycles. The van der Waals surface area contributed by atoms with Crippen LogP contribution in [0.15, 0.2) is 54.4 Å². The number of carbonyl (C=O) groups is 1. The number of nitrogens with zero attached hydrogens (tertiary/aromatic N) is 3. The average molecular weight is 373 g/mol. The second kappa shape index (κ2) is 8.00. The Bertz CT molecular complexity index is 934. The van der Waals surface area contributed by atoms with Crippen LogP contribution in [0.2, 0.25) is 0 Å². The van der Waals surface area contributed by atoms with Crippen molar-refractivity contribution >= 4 is 17.4 Å². The third-order valence-corrected chi connectivity index (χ3v) is 3.97. The summed E-state index contributed by atoms with van der Waals surface area (Å²) in [6, 6.07) is 1.73. The van der Waals surface area contributed by atoms with Crippen LogP contribution in [0.1, 0.15) is 17.3 Å². The number of carbonyl (C=O) groups excluding carboxylic acids is 1. The standard InChI is InChI=1S/C18H20FN5O3/c1-11-7-20-16-5-6-24-17(23-16)14(9-22-24)18(26)21-8-13(10-25)27-15(11)4-3-12(2)19/h3-6,9,13,25H,2,7-8,10H2,1H3,(H,20,23)(H,21,26)/b4-3-,15-11-. The van der Waals surface area contributed by atoms with Crippen LogP contribution in [0, 0.1) is 0 Å². The Labute approximate surface area is 155 Å². The number of fused-ring (bicyclic) bond motifs is 1. The van der Waals surface area contributed by atoms with Gasteiger partial charge in [0, 0.05) is 12.7 Å². The van der Waals surface area contributed by atoms with E-state index in [-0.39, 0.29) is 19.1 Å². The van der Waals surface area contributed by atoms with Crippen LogP contribution in [-0.4, -0.2) is 51.4 Å². The van der Waals surface area contributed by atoms with Crippen molar-refractivity contribution in [2.75, 3.05) is 25.0 Å². The smallest absolute Gasteiger partial charge is 0.256 e. The largest absolute Gasteiger partial charge is 0.486 e. The zero-order valence-electron chi connectivity index (χ0n) is 14.8. The predicted molar refractivity (Wildman–Crippen MR) is 97.9 cm³/mol. The van der Waals surface area contributed by atoms with Crippen molar-refractivity contribution in [3.05, 3.63) is 59.9 Å². The molecule has 1 amide bonds. The van der Waals surface area contributed by atoms with Gasteiger partial charge in [-0.1, -0.05) is 6.58 Å². The molecule has 1 aliphatic heterocycles. The van der Waals surface area contributed by atoms with Gasteiger partial charge in [0.2, 0.25) is 0 Å². The Hall–Kier alpha value is -3.20. The summed E-state index contributed by atoms with van der Waals surface area (Å²) in [4.78, 5) is 16.9. The van der Waals surface area contributed by atoms with Crippen LogP contribution in [0.25, 0.3) is 5.65 Å². The molecule has 142 valence electrons. The Kier molecular flexibility index (Phi) is 5.51. The first kappa shape index (κ1) is 18.6. The highest BCUT2D eigenvalue weighted by molar-refractivity contribution is 5.99. The molecule has 1 aliphatic rings. The average Bonchev–Trinajstić information content (AvgIpc) is 3.07. The topological polar surface area (TPSA) is 101 Å². The van der Waals surface area contributed by atoms with Gasteiger partial charge >= 0.3 is 0 Å². The van der Waals surface area contributed by atoms with Gasteiger partial charge in [-0.3, -0.25) is 4.79 Å². The van der Waals surface area contributed by atoms with Gasteiger partial charge in [0.25, 0.3) is 5.91 Å². The third-order valence-electron chi connectivity index (χ3n) is 3.97. The lowest BCUT2D eigenvalue weighted by Gasteiger charge is -2.20. The van der Waals surface area contributed by atoms with Crippen molar-refractivity contribution in [2.24, 2.45) is 0 Å². The molecule has 27 heavy (non-hydrogen) atoms. The second-order valence-electron chi connectivity index (χ2n) is 6.05. The monoisotopic (exact) mass is 373 g/mol. The number of amides is 1. The van der Waals surface area contributed by atoms with Crippen molar-refractivity contribution in [1.29, 1.82) is 0 Å². The van der Waals surface area contributed by atoms with E-state index in [4.69, 9.17) is 4.74 Å². The molecule has 3 rings (SSSR count). The van der Waals surface area contributed by atoms with E-state index in [1.807, 2.05) is 6.92 Å². The van der Waals surface area contributed by atoms with Gasteiger partial charge in [0.1, 0.15) is 29.1 Å². The molecule has 0 aliphatic carbocycles. The molecule has 8 nitrogen and oxygen atoms in total. The highest BCUT2D eigenvalue weighted by atomic mass is 19.1. The van der Waals surface area contributed by atoms with Crippen LogP contribution in [-0.2, 0) is 4.74 Å². The van der Waals surface area contributed by atoms with Gasteiger partial charge in [-0.05, 0) is 30.7 Å². The van der Waals surface area contributed by atoms with Gasteiger partial charge in [-0.15, -0.1) is 0 Å². The first-order valence-corrected chi connectivity index (χ1v) is 8.34. The normalized spacial score (nSPS) is 21.1. The first-order chi connectivity index (χ1) is 13.0. The van der Waals surface area contributed by atoms with Gasteiger partial charge in [-0.2, -0.15) is 5.10 Å². The summed E-state index contributed by atoms with van der Waals surface area (Å²) in [7, 11) is 0. The SMILES string of the molecule is C=C(F)/C=C\C1=C(/C)CNc2ccn3ncc(c3n2)C(=O)NCC(CO)O1. The maximum atomic E-state index is 13.0. The molecule has 0 aromatic carbocycles. The van der Waals surface area contributed by atoms with Crippen molar-refractivity contribution in [1.82, 2.24) is 19.9 Å². The summed E-state index contributed by atoms with van der Waals surface area (Å²) in [6.07, 6.45) is 5.03. The maximum absolute atomic E-state index is 13.0. The van der Waals surface area contributed by atoms with Crippen LogP contribution < -0.4 is 10.6 Å². The van der Waals surface area contributed by atoms with Crippen LogP contribution >= 0.6 is 0 Å². The number of nitrogens with one attached hydrogen (secondary N) is 2. The van der Waals surface area contributed by atoms with Crippen molar-refractivity contribution in [2.45, 2.75) is 13.0 Å². The highest BCUT2D eigenvalue weighted by Crippen LogP contribution is 2.16. The molecule has 9 heteroatoms. The van der Waals surface area contributed by atoms with Crippen LogP contribution in [0.4, 0.5) is 10.2 Å². The molecule has 0 saturated carbocycles. The van der Waals surface area contributed by atoms with E-state index in [2.05, 4.69) is 27.3 Å². The van der Waals surface area contributed by atoms with Crippen molar-refractivity contribution in [3.8, 4) is 0 Å². The molecule has 0 radical (unpaired) electrons. The Morgan fingerprint density at radius 3 is 3.11 bits per heavy atom. The Morgan fingerprint density at radius 1 is 1.56 bits per heavy atom. The number of halogens is 1. The number of aliphatic hydroxyl groups excluding tert-OH is 1. The molecule has 1 unspecified atom stereocenters. The number of hydrogen-bond acceptors (Lipinski definition) is 6. The first-order valence-electron chi connectivity index (χ1n) is 8.34. The summed E-state index contributed by atoms with van der Waals surface area (Å²) >= 11 is 0. The number of anilines is 1. The fourth-order valence-electron chi connectivity index (χ4n) is 2.51. The molecule has 1 atom stereocenters. The number of ether oxygens (including phenoxy) is 1. The van der Waals surface area contributed by atoms with Gasteiger partial charge < -0.3 is 20.5 Å². The number of rotatable bonds is 3. The van der Waals surface area contributed by atoms with Crippen LogP contribution in [0.5, 0.6) is 0 Å². The molecule has 2 bridgehead atoms. The van der Waals surface area contributed by atoms with Crippen molar-refractivity contribution in [3.63, 3.8) is 0 Å². The minimum absolute atomic E-state index is 0.0565. The van der Waals surface area contributed by atoms with E-state index in [0.29, 0.717) is 29.3 Å². The zero-order valence-corrected chi connectivity index (χ0v) is 14.8. The zero-order chi connectivity index (χ0) is 19.4. The number of aromatic nitrogens is 3. The lowest BCUT2D eigenvalue weighted by atomic mass is 10.2. The van der Waals surface area contributed by atoms with E-state index >= 15 is 0 Å². The van der Waals surface area contributed by atoms with E-state index in [1.165, 1.54) is 22.9 Å². The fourth-order valence-corrected chi connectivity index (χ4v) is 2.51. The minimum Gasteiger partial charge on any atom is -0.486 e. The molecule has 0 fully saturated rings. The quantitative estimate of drug-likeness (QED) is 0.706. The van der Waals surface area contributed by atoms with E-state index in [1.54, 1.807) is 12.3 Å². The Balaban J connectivity index is 2.00. The Morgan fingerprint density at radius 2 is 2.37 bits per heavy atom. The molecular formula is C18H20FN5O3. The van der Waals surface area contributed by atoms with Gasteiger partial charge in [-0.25, -0.2) is 13.9 Å². The lowest BCUT2D eigenvalue weighted by molar-refractivity contribution is 0.0597. The van der Waals surface area contributed by atoms with Gasteiger partial charge in [0.15, 0.2) is 5.65 Å². The molecule has 0 spiro atoms. The number of allylic oxidation sites excluding steroid dienone is 3. The number of aliphatic hydroxyl groups is 1. The maximum Gasteiger partial charge on any atom is 0.256 e. The number of hydrogen-bond donors (Lipinski definition) is 3. The minimum atomic E-state index is -0.709. The van der Waals surface area contributed by atoms with Crippen molar-refractivity contribution < 1.29 is 19.0 Å². The molecule has 2 aromatic rings. The molecular weight excluding hydrogens is 353 g/mol. The summed E-state index contributed by atoms with van der Waals surface area (Å²) in [5.41, 5.74) is 1.48.